The van der Waals surface area contributed by atoms with E-state index in [4.69, 9.17) is 4.74 Å². The first-order valence-electron chi connectivity index (χ1n) is 9.51. The summed E-state index contributed by atoms with van der Waals surface area (Å²) in [5, 5.41) is 0.968. The molecule has 1 saturated heterocycles. The number of hydrogen-bond donors (Lipinski definition) is 0. The molecular formula is C21H24N2O3. The van der Waals surface area contributed by atoms with Crippen LogP contribution in [-0.4, -0.2) is 41.5 Å². The largest absolute Gasteiger partial charge is 0.451 e. The third kappa shape index (κ3) is 3.57. The van der Waals surface area contributed by atoms with Crippen LogP contribution in [-0.2, 0) is 9.53 Å². The summed E-state index contributed by atoms with van der Waals surface area (Å²) in [6.07, 6.45) is 6.19. The molecule has 136 valence electrons. The maximum Gasteiger partial charge on any atom is 0.357 e. The Labute approximate surface area is 153 Å². The summed E-state index contributed by atoms with van der Waals surface area (Å²) in [7, 11) is 0. The standard InChI is InChI=1S/C21H24N2O3/c24-20(23-12-11-15-5-1-2-7-17(15)13-23)14-26-21(25)19-10-9-16-6-3-4-8-18(16)22-19/h3-4,6,8-10,15,17H,1-2,5,7,11-14H2/t15-,17-/m0/s1. The zero-order valence-corrected chi connectivity index (χ0v) is 14.9. The third-order valence-electron chi connectivity index (χ3n) is 5.78. The molecule has 2 heterocycles. The Hall–Kier alpha value is -2.43. The van der Waals surface area contributed by atoms with Crippen molar-refractivity contribution in [1.29, 1.82) is 0 Å². The Morgan fingerprint density at radius 2 is 1.85 bits per heavy atom. The fourth-order valence-corrected chi connectivity index (χ4v) is 4.30. The minimum absolute atomic E-state index is 0.0943. The SMILES string of the molecule is O=C(OCC(=O)N1CC[C@@H]2CCCC[C@H]2C1)c1ccc2ccccc2n1. The highest BCUT2D eigenvalue weighted by atomic mass is 16.5. The van der Waals surface area contributed by atoms with Crippen LogP contribution in [0.1, 0.15) is 42.6 Å². The number of fused-ring (bicyclic) bond motifs is 2. The molecule has 5 nitrogen and oxygen atoms in total. The molecule has 26 heavy (non-hydrogen) atoms. The molecule has 2 atom stereocenters. The summed E-state index contributed by atoms with van der Waals surface area (Å²) in [5.74, 6) is 0.760. The van der Waals surface area contributed by atoms with Crippen molar-refractivity contribution in [2.24, 2.45) is 11.8 Å². The van der Waals surface area contributed by atoms with Crippen molar-refractivity contribution < 1.29 is 14.3 Å². The number of aromatic nitrogens is 1. The van der Waals surface area contributed by atoms with E-state index in [2.05, 4.69) is 4.98 Å². The van der Waals surface area contributed by atoms with Crippen LogP contribution >= 0.6 is 0 Å². The number of ether oxygens (including phenoxy) is 1. The predicted molar refractivity (Wildman–Crippen MR) is 98.7 cm³/mol. The lowest BCUT2D eigenvalue weighted by molar-refractivity contribution is -0.137. The average molecular weight is 352 g/mol. The highest BCUT2D eigenvalue weighted by molar-refractivity contribution is 5.92. The summed E-state index contributed by atoms with van der Waals surface area (Å²) in [4.78, 5) is 30.9. The topological polar surface area (TPSA) is 59.5 Å². The summed E-state index contributed by atoms with van der Waals surface area (Å²) < 4.78 is 5.24. The van der Waals surface area contributed by atoms with Gasteiger partial charge in [0.05, 0.1) is 5.52 Å². The molecule has 0 bridgehead atoms. The van der Waals surface area contributed by atoms with Crippen molar-refractivity contribution in [3.63, 3.8) is 0 Å². The van der Waals surface area contributed by atoms with E-state index >= 15 is 0 Å². The number of hydrogen-bond acceptors (Lipinski definition) is 4. The molecule has 1 aromatic carbocycles. The van der Waals surface area contributed by atoms with Gasteiger partial charge in [0.1, 0.15) is 5.69 Å². The van der Waals surface area contributed by atoms with Crippen molar-refractivity contribution in [3.05, 3.63) is 42.1 Å². The van der Waals surface area contributed by atoms with Crippen LogP contribution in [0, 0.1) is 11.8 Å². The number of pyridine rings is 1. The molecule has 1 aromatic heterocycles. The smallest absolute Gasteiger partial charge is 0.357 e. The van der Waals surface area contributed by atoms with Gasteiger partial charge < -0.3 is 9.64 Å². The van der Waals surface area contributed by atoms with Gasteiger partial charge in [0.2, 0.25) is 0 Å². The zero-order chi connectivity index (χ0) is 17.9. The van der Waals surface area contributed by atoms with Gasteiger partial charge in [-0.1, -0.05) is 43.5 Å². The zero-order valence-electron chi connectivity index (χ0n) is 14.9. The average Bonchev–Trinajstić information content (AvgIpc) is 2.71. The molecule has 2 fully saturated rings. The fraction of sp³-hybridized carbons (Fsp3) is 0.476. The van der Waals surface area contributed by atoms with Gasteiger partial charge >= 0.3 is 5.97 Å². The number of nitrogens with zero attached hydrogens (tertiary/aromatic N) is 2. The first-order chi connectivity index (χ1) is 12.7. The quantitative estimate of drug-likeness (QED) is 0.794. The molecule has 1 aliphatic carbocycles. The van der Waals surface area contributed by atoms with E-state index in [9.17, 15) is 9.59 Å². The van der Waals surface area contributed by atoms with E-state index in [1.165, 1.54) is 25.7 Å². The fourth-order valence-electron chi connectivity index (χ4n) is 4.30. The van der Waals surface area contributed by atoms with E-state index in [-0.39, 0.29) is 18.2 Å². The Balaban J connectivity index is 1.34. The summed E-state index contributed by atoms with van der Waals surface area (Å²) >= 11 is 0. The molecule has 4 rings (SSSR count). The lowest BCUT2D eigenvalue weighted by Gasteiger charge is -2.41. The molecule has 1 aliphatic heterocycles. The van der Waals surface area contributed by atoms with Crippen molar-refractivity contribution in [3.8, 4) is 0 Å². The van der Waals surface area contributed by atoms with Crippen LogP contribution < -0.4 is 0 Å². The van der Waals surface area contributed by atoms with Crippen LogP contribution in [0.3, 0.4) is 0 Å². The summed E-state index contributed by atoms with van der Waals surface area (Å²) in [6.45, 7) is 1.39. The molecule has 0 N–H and O–H groups in total. The molecule has 2 aliphatic rings. The van der Waals surface area contributed by atoms with Gasteiger partial charge in [-0.25, -0.2) is 9.78 Å². The third-order valence-corrected chi connectivity index (χ3v) is 5.78. The number of benzene rings is 1. The van der Waals surface area contributed by atoms with Crippen molar-refractivity contribution in [1.82, 2.24) is 9.88 Å². The molecule has 0 unspecified atom stereocenters. The minimum Gasteiger partial charge on any atom is -0.451 e. The monoisotopic (exact) mass is 352 g/mol. The maximum absolute atomic E-state index is 12.4. The van der Waals surface area contributed by atoms with Crippen molar-refractivity contribution in [2.75, 3.05) is 19.7 Å². The maximum atomic E-state index is 12.4. The normalized spacial score (nSPS) is 22.7. The Kier molecular flexibility index (Phi) is 4.87. The van der Waals surface area contributed by atoms with E-state index in [0.717, 1.165) is 36.3 Å². The molecule has 5 heteroatoms. The van der Waals surface area contributed by atoms with Gasteiger partial charge in [-0.3, -0.25) is 4.79 Å². The lowest BCUT2D eigenvalue weighted by Crippen LogP contribution is -2.46. The van der Waals surface area contributed by atoms with Gasteiger partial charge in [0, 0.05) is 18.5 Å². The van der Waals surface area contributed by atoms with E-state index in [0.29, 0.717) is 5.92 Å². The number of carbonyl (C=O) groups excluding carboxylic acids is 2. The van der Waals surface area contributed by atoms with Crippen LogP contribution in [0.2, 0.25) is 0 Å². The first kappa shape index (κ1) is 17.0. The number of amides is 1. The molecule has 2 aromatic rings. The highest BCUT2D eigenvalue weighted by Crippen LogP contribution is 2.36. The Morgan fingerprint density at radius 1 is 1.04 bits per heavy atom. The van der Waals surface area contributed by atoms with Gasteiger partial charge in [0.25, 0.3) is 5.91 Å². The van der Waals surface area contributed by atoms with Crippen LogP contribution in [0.4, 0.5) is 0 Å². The van der Waals surface area contributed by atoms with E-state index in [1.807, 2.05) is 35.2 Å². The number of esters is 1. The molecule has 1 amide bonds. The van der Waals surface area contributed by atoms with Gasteiger partial charge in [-0.15, -0.1) is 0 Å². The van der Waals surface area contributed by atoms with Gasteiger partial charge in [0.15, 0.2) is 6.61 Å². The number of carbonyl (C=O) groups is 2. The van der Waals surface area contributed by atoms with Gasteiger partial charge in [-0.2, -0.15) is 0 Å². The molecule has 0 radical (unpaired) electrons. The lowest BCUT2D eigenvalue weighted by atomic mass is 9.75. The Bertz CT molecular complexity index is 820. The minimum atomic E-state index is -0.545. The summed E-state index contributed by atoms with van der Waals surface area (Å²) in [5.41, 5.74) is 0.982. The highest BCUT2D eigenvalue weighted by Gasteiger charge is 2.33. The second-order valence-corrected chi connectivity index (χ2v) is 7.40. The second-order valence-electron chi connectivity index (χ2n) is 7.40. The number of likely N-dealkylation sites (tertiary alicyclic amines) is 1. The predicted octanol–water partition coefficient (Wildman–Crippen LogP) is 3.43. The Morgan fingerprint density at radius 3 is 2.73 bits per heavy atom. The molecular weight excluding hydrogens is 328 g/mol. The van der Waals surface area contributed by atoms with Crippen LogP contribution in [0.25, 0.3) is 10.9 Å². The van der Waals surface area contributed by atoms with Gasteiger partial charge in [-0.05, 0) is 36.8 Å². The number of para-hydroxylation sites is 1. The second kappa shape index (κ2) is 7.44. The molecule has 1 saturated carbocycles. The van der Waals surface area contributed by atoms with Crippen molar-refractivity contribution in [2.45, 2.75) is 32.1 Å². The first-order valence-corrected chi connectivity index (χ1v) is 9.51. The molecule has 0 spiro atoms. The van der Waals surface area contributed by atoms with E-state index < -0.39 is 5.97 Å². The summed E-state index contributed by atoms with van der Waals surface area (Å²) in [6, 6.07) is 11.1. The number of rotatable bonds is 3. The van der Waals surface area contributed by atoms with Crippen molar-refractivity contribution >= 4 is 22.8 Å². The van der Waals surface area contributed by atoms with Crippen LogP contribution in [0.5, 0.6) is 0 Å². The van der Waals surface area contributed by atoms with E-state index in [1.54, 1.807) is 6.07 Å². The number of piperidine rings is 1. The van der Waals surface area contributed by atoms with Crippen LogP contribution in [0.15, 0.2) is 36.4 Å².